The molecule has 2 aromatic carbocycles. The molecule has 1 aliphatic heterocycles. The minimum absolute atomic E-state index is 0.0530. The van der Waals surface area contributed by atoms with Gasteiger partial charge in [0.1, 0.15) is 25.7 Å². The fraction of sp³-hybridized carbons (Fsp3) is 0.360. The van der Waals surface area contributed by atoms with Gasteiger partial charge in [-0.3, -0.25) is 9.59 Å². The summed E-state index contributed by atoms with van der Waals surface area (Å²) < 4.78 is 6.10. The van der Waals surface area contributed by atoms with Gasteiger partial charge in [0.05, 0.1) is 12.0 Å². The lowest BCUT2D eigenvalue weighted by Crippen LogP contribution is -2.42. The highest BCUT2D eigenvalue weighted by atomic mass is 28.3. The molecule has 7 heteroatoms. The molecule has 3 rings (SSSR count). The zero-order valence-corrected chi connectivity index (χ0v) is 19.9. The van der Waals surface area contributed by atoms with Crippen LogP contribution in [0.15, 0.2) is 42.5 Å². The number of piperidine rings is 1. The maximum absolute atomic E-state index is 12.6. The molecule has 168 valence electrons. The van der Waals surface area contributed by atoms with Crippen LogP contribution in [-0.2, 0) is 11.2 Å². The maximum atomic E-state index is 12.6. The van der Waals surface area contributed by atoms with E-state index >= 15 is 0 Å². The normalized spacial score (nSPS) is 14.4. The summed E-state index contributed by atoms with van der Waals surface area (Å²) in [6.45, 7) is 7.66. The number of likely N-dealkylation sites (tertiary alicyclic amines) is 1. The average Bonchev–Trinajstić information content (AvgIpc) is 2.74. The van der Waals surface area contributed by atoms with Crippen molar-refractivity contribution in [2.45, 2.75) is 45.0 Å². The van der Waals surface area contributed by atoms with Crippen LogP contribution >= 0.6 is 0 Å². The molecule has 0 spiro atoms. The number of carbonyl (C=O) groups is 2. The summed E-state index contributed by atoms with van der Waals surface area (Å²) in [5, 5.41) is 9.37. The van der Waals surface area contributed by atoms with Crippen molar-refractivity contribution in [1.29, 1.82) is 0 Å². The van der Waals surface area contributed by atoms with Gasteiger partial charge in [-0.15, -0.1) is 5.54 Å². The number of benzene rings is 2. The molecule has 2 aromatic rings. The molecule has 0 saturated carbocycles. The van der Waals surface area contributed by atoms with Gasteiger partial charge in [-0.25, -0.2) is 0 Å². The molecule has 0 unspecified atom stereocenters. The van der Waals surface area contributed by atoms with Crippen molar-refractivity contribution in [1.82, 2.24) is 4.90 Å². The molecule has 0 atom stereocenters. The van der Waals surface area contributed by atoms with Gasteiger partial charge in [-0.2, -0.15) is 0 Å². The molecule has 32 heavy (non-hydrogen) atoms. The maximum Gasteiger partial charge on any atom is 0.252 e. The second-order valence-electron chi connectivity index (χ2n) is 9.12. The van der Waals surface area contributed by atoms with Gasteiger partial charge >= 0.3 is 0 Å². The minimum Gasteiger partial charge on any atom is -0.508 e. The van der Waals surface area contributed by atoms with E-state index in [1.807, 2.05) is 11.0 Å². The van der Waals surface area contributed by atoms with E-state index in [9.17, 15) is 14.7 Å². The molecule has 1 heterocycles. The molecule has 0 aromatic heterocycles. The lowest BCUT2D eigenvalue weighted by atomic mass is 10.0. The topological polar surface area (TPSA) is 92.9 Å². The summed E-state index contributed by atoms with van der Waals surface area (Å²) in [6.07, 6.45) is 1.56. The Morgan fingerprint density at radius 2 is 1.78 bits per heavy atom. The molecule has 2 amide bonds. The number of rotatable bonds is 5. The molecule has 0 bridgehead atoms. The first-order valence-corrected chi connectivity index (χ1v) is 14.3. The van der Waals surface area contributed by atoms with Crippen molar-refractivity contribution >= 4 is 19.9 Å². The van der Waals surface area contributed by atoms with Crippen molar-refractivity contribution in [2.75, 3.05) is 13.1 Å². The Balaban J connectivity index is 1.60. The Hall–Kier alpha value is -3.24. The number of nitrogens with two attached hydrogens (primary N) is 1. The number of primary amides is 1. The summed E-state index contributed by atoms with van der Waals surface area (Å²) in [4.78, 5) is 26.4. The first-order chi connectivity index (χ1) is 15.1. The van der Waals surface area contributed by atoms with Crippen LogP contribution < -0.4 is 10.5 Å². The molecular formula is C25H30N2O4Si. The van der Waals surface area contributed by atoms with Crippen LogP contribution in [0.5, 0.6) is 11.5 Å². The Kier molecular flexibility index (Phi) is 7.26. The summed E-state index contributed by atoms with van der Waals surface area (Å²) in [5.74, 6) is 3.30. The van der Waals surface area contributed by atoms with E-state index in [0.29, 0.717) is 43.7 Å². The lowest BCUT2D eigenvalue weighted by Gasteiger charge is -2.32. The summed E-state index contributed by atoms with van der Waals surface area (Å²) in [5.41, 5.74) is 10.8. The molecule has 3 N–H and O–H groups in total. The van der Waals surface area contributed by atoms with E-state index < -0.39 is 14.0 Å². The first kappa shape index (κ1) is 23.4. The number of phenols is 1. The van der Waals surface area contributed by atoms with Crippen LogP contribution in [0.1, 0.15) is 34.3 Å². The van der Waals surface area contributed by atoms with Gasteiger partial charge in [0.2, 0.25) is 5.91 Å². The third-order valence-corrected chi connectivity index (χ3v) is 6.08. The monoisotopic (exact) mass is 450 g/mol. The highest BCUT2D eigenvalue weighted by molar-refractivity contribution is 6.83. The number of nitrogens with zero attached hydrogens (tertiary/aromatic N) is 1. The van der Waals surface area contributed by atoms with Crippen molar-refractivity contribution in [3.63, 3.8) is 0 Å². The van der Waals surface area contributed by atoms with Crippen molar-refractivity contribution in [2.24, 2.45) is 5.73 Å². The van der Waals surface area contributed by atoms with Crippen molar-refractivity contribution in [3.05, 3.63) is 59.2 Å². The van der Waals surface area contributed by atoms with Gasteiger partial charge in [0.25, 0.3) is 5.91 Å². The number of phenolic OH excluding ortho intramolecular Hbond substituents is 1. The van der Waals surface area contributed by atoms with Gasteiger partial charge in [-0.05, 0) is 35.9 Å². The summed E-state index contributed by atoms with van der Waals surface area (Å²) >= 11 is 0. The standard InChI is InChI=1S/C25H30N2O4Si/c1-32(2,3)15-12-19-6-9-23(22(16-19)25(26)30)31-21-10-13-27(14-11-21)24(29)17-18-4-7-20(28)8-5-18/h4-9,16,21,28H,10-11,13-14,17H2,1-3H3,(H2,26,30). The molecule has 1 saturated heterocycles. The zero-order chi connectivity index (χ0) is 23.3. The SMILES string of the molecule is C[Si](C)(C)C#Cc1ccc(OC2CCN(C(=O)Cc3ccc(O)cc3)CC2)c(C(N)=O)c1. The predicted octanol–water partition coefficient (Wildman–Crippen LogP) is 3.33. The predicted molar refractivity (Wildman–Crippen MR) is 127 cm³/mol. The second kappa shape index (κ2) is 9.92. The van der Waals surface area contributed by atoms with Crippen molar-refractivity contribution < 1.29 is 19.4 Å². The van der Waals surface area contributed by atoms with E-state index in [1.54, 1.807) is 36.4 Å². The molecule has 6 nitrogen and oxygen atoms in total. The Labute approximate surface area is 190 Å². The van der Waals surface area contributed by atoms with E-state index in [-0.39, 0.29) is 17.8 Å². The largest absolute Gasteiger partial charge is 0.508 e. The second-order valence-corrected chi connectivity index (χ2v) is 13.9. The fourth-order valence-corrected chi connectivity index (χ4v) is 3.98. The Morgan fingerprint density at radius 3 is 2.38 bits per heavy atom. The Morgan fingerprint density at radius 1 is 1.12 bits per heavy atom. The number of hydrogen-bond donors (Lipinski definition) is 2. The van der Waals surface area contributed by atoms with E-state index in [4.69, 9.17) is 10.5 Å². The van der Waals surface area contributed by atoms with Gasteiger partial charge in [-0.1, -0.05) is 37.7 Å². The van der Waals surface area contributed by atoms with Gasteiger partial charge < -0.3 is 20.5 Å². The van der Waals surface area contributed by atoms with Crippen molar-refractivity contribution in [3.8, 4) is 23.0 Å². The van der Waals surface area contributed by atoms with Crippen LogP contribution in [-0.4, -0.2) is 49.1 Å². The van der Waals surface area contributed by atoms with E-state index in [0.717, 1.165) is 11.1 Å². The van der Waals surface area contributed by atoms with Gasteiger partial charge in [0, 0.05) is 31.5 Å². The lowest BCUT2D eigenvalue weighted by molar-refractivity contribution is -0.132. The number of amides is 2. The Bertz CT molecular complexity index is 1040. The van der Waals surface area contributed by atoms with E-state index in [1.165, 1.54) is 0 Å². The highest BCUT2D eigenvalue weighted by Gasteiger charge is 2.25. The average molecular weight is 451 g/mol. The smallest absolute Gasteiger partial charge is 0.252 e. The third-order valence-electron chi connectivity index (χ3n) is 5.21. The summed E-state index contributed by atoms with van der Waals surface area (Å²) in [6, 6.07) is 12.0. The fourth-order valence-electron chi connectivity index (χ4n) is 3.47. The van der Waals surface area contributed by atoms with Crippen LogP contribution in [0, 0.1) is 11.5 Å². The first-order valence-electron chi connectivity index (χ1n) is 10.8. The number of ether oxygens (including phenoxy) is 1. The number of aromatic hydroxyl groups is 1. The van der Waals surface area contributed by atoms with Crippen LogP contribution in [0.2, 0.25) is 19.6 Å². The van der Waals surface area contributed by atoms with Crippen LogP contribution in [0.25, 0.3) is 0 Å². The highest BCUT2D eigenvalue weighted by Crippen LogP contribution is 2.25. The van der Waals surface area contributed by atoms with E-state index in [2.05, 4.69) is 31.1 Å². The zero-order valence-electron chi connectivity index (χ0n) is 18.9. The molecule has 0 aliphatic carbocycles. The van der Waals surface area contributed by atoms with Gasteiger partial charge in [0.15, 0.2) is 0 Å². The number of carbonyl (C=O) groups excluding carboxylic acids is 2. The molecule has 0 radical (unpaired) electrons. The minimum atomic E-state index is -1.53. The molecular weight excluding hydrogens is 420 g/mol. The van der Waals surface area contributed by atoms with Crippen LogP contribution in [0.3, 0.4) is 0 Å². The quantitative estimate of drug-likeness (QED) is 0.540. The molecule has 1 fully saturated rings. The summed E-state index contributed by atoms with van der Waals surface area (Å²) in [7, 11) is -1.53. The number of hydrogen-bond acceptors (Lipinski definition) is 4. The molecule has 1 aliphatic rings. The van der Waals surface area contributed by atoms with Crippen LogP contribution in [0.4, 0.5) is 0 Å². The third kappa shape index (κ3) is 6.63.